The number of carbonyl (C=O) groups is 1. The van der Waals surface area contributed by atoms with Crippen LogP contribution in [0.2, 0.25) is 0 Å². The lowest BCUT2D eigenvalue weighted by Gasteiger charge is -2.40. The van der Waals surface area contributed by atoms with E-state index in [9.17, 15) is 4.79 Å². The van der Waals surface area contributed by atoms with E-state index >= 15 is 0 Å². The minimum Gasteiger partial charge on any atom is -0.355 e. The molecule has 1 N–H and O–H groups in total. The largest absolute Gasteiger partial charge is 0.355 e. The molecule has 1 aliphatic carbocycles. The Labute approximate surface area is 204 Å². The highest BCUT2D eigenvalue weighted by Gasteiger charge is 2.40. The van der Waals surface area contributed by atoms with Crippen LogP contribution in [-0.4, -0.2) is 37.0 Å². The van der Waals surface area contributed by atoms with Crippen LogP contribution >= 0.6 is 0 Å². The number of nitrogens with one attached hydrogen (secondary N) is 1. The maximum absolute atomic E-state index is 13.1. The second kappa shape index (κ2) is 10.6. The summed E-state index contributed by atoms with van der Waals surface area (Å²) in [6.07, 6.45) is 7.31. The lowest BCUT2D eigenvalue weighted by molar-refractivity contribution is -0.121. The van der Waals surface area contributed by atoms with E-state index in [4.69, 9.17) is 0 Å². The number of nitrogens with zero attached hydrogens (tertiary/aromatic N) is 1. The van der Waals surface area contributed by atoms with Gasteiger partial charge in [-0.1, -0.05) is 84.9 Å². The summed E-state index contributed by atoms with van der Waals surface area (Å²) >= 11 is 0. The number of likely N-dealkylation sites (tertiary alicyclic amines) is 1. The number of rotatable bonds is 8. The molecule has 176 valence electrons. The van der Waals surface area contributed by atoms with Crippen molar-refractivity contribution in [3.8, 4) is 0 Å². The number of unbranched alkanes of at least 4 members (excludes halogenated alkanes) is 1. The fourth-order valence-corrected chi connectivity index (χ4v) is 6.05. The number of aryl methyl sites for hydroxylation is 1. The molecule has 1 aliphatic heterocycles. The van der Waals surface area contributed by atoms with Crippen LogP contribution in [0.15, 0.2) is 84.9 Å². The highest BCUT2D eigenvalue weighted by atomic mass is 16.1. The van der Waals surface area contributed by atoms with Gasteiger partial charge in [-0.25, -0.2) is 0 Å². The molecule has 3 aromatic rings. The molecule has 5 rings (SSSR count). The van der Waals surface area contributed by atoms with Crippen LogP contribution in [0.4, 0.5) is 0 Å². The zero-order chi connectivity index (χ0) is 23.2. The third kappa shape index (κ3) is 4.95. The zero-order valence-corrected chi connectivity index (χ0v) is 20.1. The summed E-state index contributed by atoms with van der Waals surface area (Å²) in [5, 5.41) is 3.21. The number of carbonyl (C=O) groups excluding carboxylic acids is 1. The standard InChI is InChI=1S/C31H36N2O/c34-30(29(26-12-3-1-4-13-26)27-14-5-2-6-15-27)32-21-9-10-22-33-23-19-31(20-24-33)18-17-25-11-7-8-16-28(25)31/h1-8,11-16,29H,9-10,17-24H2,(H,32,34). The Morgan fingerprint density at radius 3 is 2.09 bits per heavy atom. The number of hydrogen-bond acceptors (Lipinski definition) is 2. The lowest BCUT2D eigenvalue weighted by atomic mass is 9.74. The first-order valence-electron chi connectivity index (χ1n) is 12.9. The molecule has 0 unspecified atom stereocenters. The molecule has 0 atom stereocenters. The maximum Gasteiger partial charge on any atom is 0.232 e. The third-order valence-electron chi connectivity index (χ3n) is 8.00. The van der Waals surface area contributed by atoms with Crippen LogP contribution in [0.3, 0.4) is 0 Å². The Bertz CT molecular complexity index is 1030. The Morgan fingerprint density at radius 1 is 0.794 bits per heavy atom. The number of piperidine rings is 1. The van der Waals surface area contributed by atoms with Crippen LogP contribution in [0, 0.1) is 0 Å². The molecular formula is C31H36N2O. The van der Waals surface area contributed by atoms with Crippen molar-refractivity contribution in [3.63, 3.8) is 0 Å². The van der Waals surface area contributed by atoms with E-state index in [1.165, 1.54) is 38.8 Å². The van der Waals surface area contributed by atoms with Gasteiger partial charge in [0.05, 0.1) is 5.92 Å². The summed E-state index contributed by atoms with van der Waals surface area (Å²) in [4.78, 5) is 15.8. The summed E-state index contributed by atoms with van der Waals surface area (Å²) in [6.45, 7) is 4.27. The normalized spacial score (nSPS) is 17.1. The first kappa shape index (κ1) is 22.9. The van der Waals surface area contributed by atoms with Crippen LogP contribution in [0.5, 0.6) is 0 Å². The van der Waals surface area contributed by atoms with Crippen molar-refractivity contribution >= 4 is 5.91 Å². The van der Waals surface area contributed by atoms with Gasteiger partial charge < -0.3 is 10.2 Å². The molecule has 1 amide bonds. The zero-order valence-electron chi connectivity index (χ0n) is 20.1. The smallest absolute Gasteiger partial charge is 0.232 e. The van der Waals surface area contributed by atoms with E-state index in [1.807, 2.05) is 60.7 Å². The summed E-state index contributed by atoms with van der Waals surface area (Å²) < 4.78 is 0. The van der Waals surface area contributed by atoms with Crippen molar-refractivity contribution in [1.29, 1.82) is 0 Å². The molecule has 0 radical (unpaired) electrons. The van der Waals surface area contributed by atoms with Crippen molar-refractivity contribution in [1.82, 2.24) is 10.2 Å². The van der Waals surface area contributed by atoms with E-state index in [2.05, 4.69) is 34.5 Å². The van der Waals surface area contributed by atoms with Gasteiger partial charge in [0.25, 0.3) is 0 Å². The summed E-state index contributed by atoms with van der Waals surface area (Å²) in [5.41, 5.74) is 5.73. The Morgan fingerprint density at radius 2 is 1.41 bits per heavy atom. The molecule has 1 fully saturated rings. The molecule has 3 aromatic carbocycles. The van der Waals surface area contributed by atoms with Crippen molar-refractivity contribution in [2.75, 3.05) is 26.2 Å². The summed E-state index contributed by atoms with van der Waals surface area (Å²) in [5.74, 6) is -0.160. The van der Waals surface area contributed by atoms with Crippen molar-refractivity contribution in [2.45, 2.75) is 49.9 Å². The topological polar surface area (TPSA) is 32.3 Å². The number of hydrogen-bond donors (Lipinski definition) is 1. The van der Waals surface area contributed by atoms with Crippen LogP contribution in [0.25, 0.3) is 0 Å². The minimum absolute atomic E-state index is 0.0946. The summed E-state index contributed by atoms with van der Waals surface area (Å²) in [6, 6.07) is 29.3. The van der Waals surface area contributed by atoms with Crippen molar-refractivity contribution < 1.29 is 4.79 Å². The van der Waals surface area contributed by atoms with Crippen molar-refractivity contribution in [3.05, 3.63) is 107 Å². The Hall–Kier alpha value is -2.91. The third-order valence-corrected chi connectivity index (χ3v) is 8.00. The second-order valence-corrected chi connectivity index (χ2v) is 10.0. The van der Waals surface area contributed by atoms with Gasteiger partial charge in [0.2, 0.25) is 5.91 Å². The molecule has 1 heterocycles. The van der Waals surface area contributed by atoms with Gasteiger partial charge in [-0.2, -0.15) is 0 Å². The van der Waals surface area contributed by atoms with Crippen LogP contribution in [-0.2, 0) is 16.6 Å². The average molecular weight is 453 g/mol. The molecule has 1 spiro atoms. The Kier molecular flexibility index (Phi) is 7.10. The molecule has 0 saturated carbocycles. The summed E-state index contributed by atoms with van der Waals surface area (Å²) in [7, 11) is 0. The van der Waals surface area contributed by atoms with Gasteiger partial charge in [0.15, 0.2) is 0 Å². The lowest BCUT2D eigenvalue weighted by Crippen LogP contribution is -2.42. The fourth-order valence-electron chi connectivity index (χ4n) is 6.05. The average Bonchev–Trinajstić information content (AvgIpc) is 3.24. The van der Waals surface area contributed by atoms with Gasteiger partial charge in [-0.15, -0.1) is 0 Å². The molecule has 0 bridgehead atoms. The fraction of sp³-hybridized carbons (Fsp3) is 0.387. The number of benzene rings is 3. The molecule has 2 aliphatic rings. The number of fused-ring (bicyclic) bond motifs is 2. The van der Waals surface area contributed by atoms with Gasteiger partial charge in [0, 0.05) is 6.54 Å². The molecule has 1 saturated heterocycles. The number of amides is 1. The quantitative estimate of drug-likeness (QED) is 0.445. The first-order valence-corrected chi connectivity index (χ1v) is 12.9. The van der Waals surface area contributed by atoms with Gasteiger partial charge >= 0.3 is 0 Å². The van der Waals surface area contributed by atoms with Gasteiger partial charge in [-0.3, -0.25) is 4.79 Å². The van der Waals surface area contributed by atoms with Gasteiger partial charge in [0.1, 0.15) is 0 Å². The van der Waals surface area contributed by atoms with E-state index in [0.717, 1.165) is 37.1 Å². The predicted molar refractivity (Wildman–Crippen MR) is 139 cm³/mol. The van der Waals surface area contributed by atoms with E-state index in [0.29, 0.717) is 5.41 Å². The molecule has 3 heteroatoms. The van der Waals surface area contributed by atoms with E-state index in [1.54, 1.807) is 11.1 Å². The maximum atomic E-state index is 13.1. The first-order chi connectivity index (χ1) is 16.8. The predicted octanol–water partition coefficient (Wildman–Crippen LogP) is 5.69. The Balaban J connectivity index is 1.08. The van der Waals surface area contributed by atoms with E-state index in [-0.39, 0.29) is 11.8 Å². The minimum atomic E-state index is -0.255. The van der Waals surface area contributed by atoms with Gasteiger partial charge in [-0.05, 0) is 85.8 Å². The molecular weight excluding hydrogens is 416 g/mol. The highest BCUT2D eigenvalue weighted by Crippen LogP contribution is 2.46. The monoisotopic (exact) mass is 452 g/mol. The SMILES string of the molecule is O=C(NCCCCN1CCC2(CCc3ccccc32)CC1)C(c1ccccc1)c1ccccc1. The van der Waals surface area contributed by atoms with E-state index < -0.39 is 0 Å². The molecule has 34 heavy (non-hydrogen) atoms. The van der Waals surface area contributed by atoms with Crippen LogP contribution in [0.1, 0.15) is 60.3 Å². The van der Waals surface area contributed by atoms with Crippen molar-refractivity contribution in [2.24, 2.45) is 0 Å². The molecule has 3 nitrogen and oxygen atoms in total. The highest BCUT2D eigenvalue weighted by molar-refractivity contribution is 5.87. The van der Waals surface area contributed by atoms with Crippen LogP contribution < -0.4 is 5.32 Å². The second-order valence-electron chi connectivity index (χ2n) is 10.0. The molecule has 0 aromatic heterocycles.